The van der Waals surface area contributed by atoms with E-state index < -0.39 is 0 Å². The number of fused-ring (bicyclic) bond motifs is 2. The fourth-order valence-electron chi connectivity index (χ4n) is 2.51. The molecular formula is C9H16N4O. The van der Waals surface area contributed by atoms with Gasteiger partial charge in [0, 0.05) is 23.5 Å². The Labute approximate surface area is 83.7 Å². The van der Waals surface area contributed by atoms with Gasteiger partial charge in [0.2, 0.25) is 0 Å². The molecule has 0 aromatic heterocycles. The first kappa shape index (κ1) is 9.77. The number of hydrogen-bond donors (Lipinski definition) is 0. The van der Waals surface area contributed by atoms with Crippen molar-refractivity contribution < 1.29 is 4.74 Å². The molecule has 0 aromatic carbocycles. The van der Waals surface area contributed by atoms with E-state index in [-0.39, 0.29) is 0 Å². The minimum absolute atomic E-state index is 0.529. The molecule has 2 rings (SSSR count). The lowest BCUT2D eigenvalue weighted by Gasteiger charge is -2.46. The highest BCUT2D eigenvalue weighted by Crippen LogP contribution is 2.30. The third-order valence-corrected chi connectivity index (χ3v) is 3.39. The van der Waals surface area contributed by atoms with Gasteiger partial charge in [0.25, 0.3) is 0 Å². The van der Waals surface area contributed by atoms with E-state index in [1.165, 1.54) is 0 Å². The van der Waals surface area contributed by atoms with Crippen molar-refractivity contribution in [2.75, 3.05) is 26.8 Å². The number of morpholine rings is 1. The van der Waals surface area contributed by atoms with Crippen LogP contribution in [0.5, 0.6) is 0 Å². The summed E-state index contributed by atoms with van der Waals surface area (Å²) in [5.41, 5.74) is 8.28. The molecule has 0 aliphatic carbocycles. The van der Waals surface area contributed by atoms with Crippen LogP contribution < -0.4 is 0 Å². The molecule has 5 nitrogen and oxygen atoms in total. The Morgan fingerprint density at radius 2 is 2.07 bits per heavy atom. The van der Waals surface area contributed by atoms with E-state index in [2.05, 4.69) is 22.0 Å². The zero-order valence-corrected chi connectivity index (χ0v) is 8.46. The summed E-state index contributed by atoms with van der Waals surface area (Å²) >= 11 is 0. The Balaban J connectivity index is 1.96. The molecule has 2 aliphatic rings. The standard InChI is InChI=1S/C9H16N4O/c1-13-8-2-7(4-11-12-10)3-9(13)6-14-5-8/h7-9H,2-6H2,1H3. The summed E-state index contributed by atoms with van der Waals surface area (Å²) < 4.78 is 5.51. The SMILES string of the molecule is CN1C2COCC1CC(CN=[N+]=[N-])C2. The van der Waals surface area contributed by atoms with Crippen LogP contribution in [0.25, 0.3) is 10.4 Å². The van der Waals surface area contributed by atoms with Gasteiger partial charge in [0.1, 0.15) is 0 Å². The van der Waals surface area contributed by atoms with Crippen molar-refractivity contribution >= 4 is 0 Å². The van der Waals surface area contributed by atoms with E-state index >= 15 is 0 Å². The monoisotopic (exact) mass is 196 g/mol. The molecule has 0 amide bonds. The predicted molar refractivity (Wildman–Crippen MR) is 52.9 cm³/mol. The van der Waals surface area contributed by atoms with Crippen LogP contribution in [0.3, 0.4) is 0 Å². The van der Waals surface area contributed by atoms with E-state index in [9.17, 15) is 0 Å². The number of nitrogens with zero attached hydrogens (tertiary/aromatic N) is 4. The minimum atomic E-state index is 0.529. The number of hydrogen-bond acceptors (Lipinski definition) is 3. The summed E-state index contributed by atoms with van der Waals surface area (Å²) in [5, 5.41) is 3.67. The van der Waals surface area contributed by atoms with Crippen LogP contribution in [0, 0.1) is 5.92 Å². The van der Waals surface area contributed by atoms with Crippen molar-refractivity contribution in [3.05, 3.63) is 10.4 Å². The van der Waals surface area contributed by atoms with E-state index in [1.54, 1.807) is 0 Å². The first-order valence-corrected chi connectivity index (χ1v) is 5.11. The maximum atomic E-state index is 8.28. The molecule has 0 saturated carbocycles. The number of piperidine rings is 1. The molecule has 0 aromatic rings. The molecular weight excluding hydrogens is 180 g/mol. The molecule has 0 N–H and O–H groups in total. The van der Waals surface area contributed by atoms with Gasteiger partial charge in [-0.05, 0) is 31.3 Å². The molecule has 0 radical (unpaired) electrons. The lowest BCUT2D eigenvalue weighted by atomic mass is 9.85. The van der Waals surface area contributed by atoms with Crippen molar-refractivity contribution in [1.82, 2.24) is 4.90 Å². The van der Waals surface area contributed by atoms with Gasteiger partial charge in [-0.15, -0.1) is 0 Å². The summed E-state index contributed by atoms with van der Waals surface area (Å²) in [4.78, 5) is 5.24. The highest BCUT2D eigenvalue weighted by molar-refractivity contribution is 4.90. The zero-order chi connectivity index (χ0) is 9.97. The smallest absolute Gasteiger partial charge is 0.0622 e. The average molecular weight is 196 g/mol. The average Bonchev–Trinajstić information content (AvgIpc) is 2.15. The summed E-state index contributed by atoms with van der Waals surface area (Å²) in [5.74, 6) is 0.556. The van der Waals surface area contributed by atoms with Crippen LogP contribution in [-0.2, 0) is 4.74 Å². The highest BCUT2D eigenvalue weighted by atomic mass is 16.5. The fourth-order valence-corrected chi connectivity index (χ4v) is 2.51. The third-order valence-electron chi connectivity index (χ3n) is 3.39. The van der Waals surface area contributed by atoms with Crippen LogP contribution in [0.4, 0.5) is 0 Å². The lowest BCUT2D eigenvalue weighted by molar-refractivity contribution is -0.0734. The van der Waals surface area contributed by atoms with E-state index in [0.717, 1.165) is 26.1 Å². The Morgan fingerprint density at radius 1 is 1.43 bits per heavy atom. The molecule has 2 heterocycles. The van der Waals surface area contributed by atoms with Crippen molar-refractivity contribution in [3.63, 3.8) is 0 Å². The van der Waals surface area contributed by atoms with Crippen molar-refractivity contribution in [3.8, 4) is 0 Å². The minimum Gasteiger partial charge on any atom is -0.378 e. The summed E-state index contributed by atoms with van der Waals surface area (Å²) in [7, 11) is 2.17. The molecule has 2 aliphatic heterocycles. The molecule has 14 heavy (non-hydrogen) atoms. The number of ether oxygens (including phenoxy) is 1. The molecule has 78 valence electrons. The molecule has 0 spiro atoms. The maximum Gasteiger partial charge on any atom is 0.0622 e. The number of rotatable bonds is 2. The van der Waals surface area contributed by atoms with Crippen LogP contribution in [0.1, 0.15) is 12.8 Å². The fraction of sp³-hybridized carbons (Fsp3) is 1.00. The molecule has 2 bridgehead atoms. The van der Waals surface area contributed by atoms with Crippen molar-refractivity contribution in [2.45, 2.75) is 24.9 Å². The third kappa shape index (κ3) is 1.85. The van der Waals surface area contributed by atoms with Crippen LogP contribution >= 0.6 is 0 Å². The number of likely N-dealkylation sites (N-methyl/N-ethyl adjacent to an activating group) is 1. The van der Waals surface area contributed by atoms with E-state index in [0.29, 0.717) is 24.5 Å². The second kappa shape index (κ2) is 4.17. The second-order valence-corrected chi connectivity index (χ2v) is 4.26. The summed E-state index contributed by atoms with van der Waals surface area (Å²) in [6, 6.07) is 1.06. The molecule has 2 saturated heterocycles. The lowest BCUT2D eigenvalue weighted by Crippen LogP contribution is -2.55. The van der Waals surface area contributed by atoms with Crippen LogP contribution in [0.2, 0.25) is 0 Å². The van der Waals surface area contributed by atoms with Crippen molar-refractivity contribution in [1.29, 1.82) is 0 Å². The molecule has 2 fully saturated rings. The second-order valence-electron chi connectivity index (χ2n) is 4.26. The highest BCUT2D eigenvalue weighted by Gasteiger charge is 2.36. The van der Waals surface area contributed by atoms with E-state index in [4.69, 9.17) is 10.3 Å². The maximum absolute atomic E-state index is 8.28. The Morgan fingerprint density at radius 3 is 2.64 bits per heavy atom. The predicted octanol–water partition coefficient (Wildman–Crippen LogP) is 1.41. The van der Waals surface area contributed by atoms with Gasteiger partial charge >= 0.3 is 0 Å². The van der Waals surface area contributed by atoms with Crippen molar-refractivity contribution in [2.24, 2.45) is 11.0 Å². The Bertz CT molecular complexity index is 237. The molecule has 2 atom stereocenters. The quantitative estimate of drug-likeness (QED) is 0.381. The largest absolute Gasteiger partial charge is 0.378 e. The van der Waals surface area contributed by atoms with Gasteiger partial charge in [0.05, 0.1) is 13.2 Å². The van der Waals surface area contributed by atoms with Crippen LogP contribution in [0.15, 0.2) is 5.11 Å². The number of azide groups is 1. The van der Waals surface area contributed by atoms with Gasteiger partial charge in [0.15, 0.2) is 0 Å². The zero-order valence-electron chi connectivity index (χ0n) is 8.46. The molecule has 2 unspecified atom stereocenters. The van der Waals surface area contributed by atoms with Gasteiger partial charge in [-0.3, -0.25) is 4.90 Å². The van der Waals surface area contributed by atoms with E-state index in [1.807, 2.05) is 0 Å². The molecule has 5 heteroatoms. The summed E-state index contributed by atoms with van der Waals surface area (Å²) in [6.07, 6.45) is 2.21. The Kier molecular flexibility index (Phi) is 2.91. The van der Waals surface area contributed by atoms with Gasteiger partial charge in [-0.1, -0.05) is 5.11 Å². The van der Waals surface area contributed by atoms with Gasteiger partial charge in [-0.2, -0.15) is 0 Å². The topological polar surface area (TPSA) is 61.2 Å². The van der Waals surface area contributed by atoms with Crippen LogP contribution in [-0.4, -0.2) is 43.8 Å². The Hall–Kier alpha value is -0.770. The normalized spacial score (nSPS) is 37.6. The first-order chi connectivity index (χ1) is 6.81. The summed E-state index contributed by atoms with van der Waals surface area (Å²) in [6.45, 7) is 2.32. The first-order valence-electron chi connectivity index (χ1n) is 5.11. The van der Waals surface area contributed by atoms with Gasteiger partial charge < -0.3 is 4.74 Å². The van der Waals surface area contributed by atoms with Gasteiger partial charge in [-0.25, -0.2) is 0 Å².